The third kappa shape index (κ3) is 2.91. The van der Waals surface area contributed by atoms with Crippen molar-refractivity contribution in [3.8, 4) is 0 Å². The Bertz CT molecular complexity index is 719. The maximum Gasteiger partial charge on any atom is 0.323 e. The number of fused-ring (bicyclic) bond motifs is 1. The fourth-order valence-corrected chi connectivity index (χ4v) is 3.04. The van der Waals surface area contributed by atoms with E-state index < -0.39 is 24.7 Å². The van der Waals surface area contributed by atoms with Gasteiger partial charge in [-0.3, -0.25) is 14.3 Å². The van der Waals surface area contributed by atoms with E-state index in [0.29, 0.717) is 11.0 Å². The molecule has 0 amide bonds. The summed E-state index contributed by atoms with van der Waals surface area (Å²) in [6, 6.07) is 5.99. The van der Waals surface area contributed by atoms with Gasteiger partial charge in [0, 0.05) is 13.0 Å². The normalized spacial score (nSPS) is 22.1. The van der Waals surface area contributed by atoms with Crippen LogP contribution in [0.2, 0.25) is 0 Å². The van der Waals surface area contributed by atoms with E-state index in [-0.39, 0.29) is 25.3 Å². The minimum atomic E-state index is -2.73. The molecule has 0 aliphatic carbocycles. The van der Waals surface area contributed by atoms with Gasteiger partial charge < -0.3 is 9.84 Å². The van der Waals surface area contributed by atoms with Crippen molar-refractivity contribution in [3.05, 3.63) is 30.1 Å². The van der Waals surface area contributed by atoms with E-state index in [1.807, 2.05) is 0 Å². The highest BCUT2D eigenvalue weighted by molar-refractivity contribution is 5.77. The number of hydrogen-bond donors (Lipinski definition) is 1. The van der Waals surface area contributed by atoms with E-state index >= 15 is 0 Å². The topological polar surface area (TPSA) is 67.6 Å². The molecule has 6 nitrogen and oxygen atoms in total. The lowest BCUT2D eigenvalue weighted by Crippen LogP contribution is -2.37. The Balaban J connectivity index is 1.94. The summed E-state index contributed by atoms with van der Waals surface area (Å²) in [6.45, 7) is -2.48. The maximum absolute atomic E-state index is 13.4. The van der Waals surface area contributed by atoms with Crippen LogP contribution in [0, 0.1) is 0 Å². The molecule has 1 fully saturated rings. The predicted octanol–water partition coefficient (Wildman–Crippen LogP) is 1.54. The summed E-state index contributed by atoms with van der Waals surface area (Å²) in [5, 5.41) is 9.79. The van der Waals surface area contributed by atoms with Gasteiger partial charge in [0.25, 0.3) is 0 Å². The van der Waals surface area contributed by atoms with Gasteiger partial charge in [0.1, 0.15) is 11.9 Å². The maximum atomic E-state index is 13.4. The van der Waals surface area contributed by atoms with Gasteiger partial charge >= 0.3 is 12.5 Å². The summed E-state index contributed by atoms with van der Waals surface area (Å²) in [6.07, 6.45) is -0.467. The van der Waals surface area contributed by atoms with Crippen LogP contribution >= 0.6 is 0 Å². The highest BCUT2D eigenvalue weighted by atomic mass is 19.3. The predicted molar refractivity (Wildman–Crippen MR) is 77.8 cm³/mol. The molecule has 1 aromatic carbocycles. The Kier molecular flexibility index (Phi) is 4.27. The van der Waals surface area contributed by atoms with Gasteiger partial charge in [0.2, 0.25) is 0 Å². The summed E-state index contributed by atoms with van der Waals surface area (Å²) in [5.74, 6) is -0.328. The molecule has 2 atom stereocenters. The third-order valence-corrected chi connectivity index (χ3v) is 4.06. The lowest BCUT2D eigenvalue weighted by Gasteiger charge is -2.22. The molecule has 124 valence electrons. The van der Waals surface area contributed by atoms with Gasteiger partial charge in [-0.1, -0.05) is 12.1 Å². The molecular formula is C15H17F2N3O3. The molecule has 0 saturated carbocycles. The number of halogens is 2. The van der Waals surface area contributed by atoms with Crippen LogP contribution in [0.4, 0.5) is 8.78 Å². The number of aliphatic hydroxyl groups is 1. The molecule has 1 aliphatic rings. The van der Waals surface area contributed by atoms with Crippen LogP contribution in [0.5, 0.6) is 0 Å². The number of ether oxygens (including phenoxy) is 1. The van der Waals surface area contributed by atoms with Crippen LogP contribution in [0.25, 0.3) is 11.0 Å². The number of likely N-dealkylation sites (tertiary alicyclic amines) is 1. The molecule has 2 unspecified atom stereocenters. The summed E-state index contributed by atoms with van der Waals surface area (Å²) >= 11 is 0. The summed E-state index contributed by atoms with van der Waals surface area (Å²) < 4.78 is 32.4. The monoisotopic (exact) mass is 325 g/mol. The largest absolute Gasteiger partial charge is 0.468 e. The van der Waals surface area contributed by atoms with E-state index in [0.717, 1.165) is 4.57 Å². The van der Waals surface area contributed by atoms with Gasteiger partial charge in [-0.05, 0) is 12.1 Å². The Hall–Kier alpha value is -2.06. The number of esters is 1. The number of benzene rings is 1. The van der Waals surface area contributed by atoms with Crippen LogP contribution in [0.1, 0.15) is 18.8 Å². The van der Waals surface area contributed by atoms with Crippen LogP contribution < -0.4 is 0 Å². The number of β-amino-alcohol motifs (C(OH)–C–C–N with tert-alkyl or cyclic N) is 1. The zero-order chi connectivity index (χ0) is 16.6. The van der Waals surface area contributed by atoms with Crippen LogP contribution in [0.15, 0.2) is 24.3 Å². The second kappa shape index (κ2) is 6.21. The number of carbonyl (C=O) groups excluding carboxylic acids is 1. The van der Waals surface area contributed by atoms with Gasteiger partial charge in [0.05, 0.1) is 30.8 Å². The van der Waals surface area contributed by atoms with Crippen LogP contribution in [-0.2, 0) is 16.1 Å². The minimum Gasteiger partial charge on any atom is -0.468 e. The summed E-state index contributed by atoms with van der Waals surface area (Å²) in [4.78, 5) is 17.7. The fourth-order valence-electron chi connectivity index (χ4n) is 3.04. The lowest BCUT2D eigenvalue weighted by atomic mass is 10.2. The zero-order valence-corrected chi connectivity index (χ0v) is 12.5. The second-order valence-electron chi connectivity index (χ2n) is 5.52. The summed E-state index contributed by atoms with van der Waals surface area (Å²) in [5.41, 5.74) is 0.809. The molecule has 8 heteroatoms. The number of nitrogens with zero attached hydrogens (tertiary/aromatic N) is 3. The first-order valence-corrected chi connectivity index (χ1v) is 7.25. The number of rotatable bonds is 4. The fraction of sp³-hybridized carbons (Fsp3) is 0.467. The van der Waals surface area contributed by atoms with Gasteiger partial charge in [0.15, 0.2) is 0 Å². The number of hydrogen-bond acceptors (Lipinski definition) is 5. The van der Waals surface area contributed by atoms with E-state index in [4.69, 9.17) is 4.74 Å². The van der Waals surface area contributed by atoms with Crippen molar-refractivity contribution in [1.82, 2.24) is 14.5 Å². The number of alkyl halides is 2. The number of aromatic nitrogens is 2. The highest BCUT2D eigenvalue weighted by Crippen LogP contribution is 2.27. The second-order valence-corrected chi connectivity index (χ2v) is 5.52. The van der Waals surface area contributed by atoms with E-state index in [1.165, 1.54) is 7.11 Å². The van der Waals surface area contributed by atoms with Crippen molar-refractivity contribution < 1.29 is 23.4 Å². The van der Waals surface area contributed by atoms with Crippen molar-refractivity contribution >= 4 is 17.0 Å². The first kappa shape index (κ1) is 15.8. The van der Waals surface area contributed by atoms with E-state index in [9.17, 15) is 18.7 Å². The zero-order valence-electron chi connectivity index (χ0n) is 12.5. The highest BCUT2D eigenvalue weighted by Gasteiger charge is 2.37. The van der Waals surface area contributed by atoms with Gasteiger partial charge in [-0.15, -0.1) is 0 Å². The van der Waals surface area contributed by atoms with E-state index in [2.05, 4.69) is 4.98 Å². The molecule has 2 aromatic rings. The van der Waals surface area contributed by atoms with Crippen molar-refractivity contribution in [3.63, 3.8) is 0 Å². The molecule has 23 heavy (non-hydrogen) atoms. The standard InChI is InChI=1S/C15H17F2N3O3/c1-23-14(22)12-6-9(21)7-19(12)8-13-18-10-4-2-3-5-11(10)20(13)15(16)17/h2-5,9,12,15,21H,6-8H2,1H3. The number of aliphatic hydroxyl groups excluding tert-OH is 1. The Morgan fingerprint density at radius 3 is 2.91 bits per heavy atom. The number of carbonyl (C=O) groups is 1. The average Bonchev–Trinajstić information content (AvgIpc) is 3.06. The van der Waals surface area contributed by atoms with Crippen molar-refractivity contribution in [2.45, 2.75) is 31.7 Å². The van der Waals surface area contributed by atoms with Crippen LogP contribution in [0.3, 0.4) is 0 Å². The van der Waals surface area contributed by atoms with Gasteiger partial charge in [-0.25, -0.2) is 4.98 Å². The summed E-state index contributed by atoms with van der Waals surface area (Å²) in [7, 11) is 1.26. The quantitative estimate of drug-likeness (QED) is 0.864. The minimum absolute atomic E-state index is 0.0375. The third-order valence-electron chi connectivity index (χ3n) is 4.06. The Morgan fingerprint density at radius 2 is 2.22 bits per heavy atom. The van der Waals surface area contributed by atoms with Crippen molar-refractivity contribution in [1.29, 1.82) is 0 Å². The van der Waals surface area contributed by atoms with Crippen molar-refractivity contribution in [2.75, 3.05) is 13.7 Å². The van der Waals surface area contributed by atoms with E-state index in [1.54, 1.807) is 29.2 Å². The van der Waals surface area contributed by atoms with Crippen LogP contribution in [-0.4, -0.2) is 51.3 Å². The molecular weight excluding hydrogens is 308 g/mol. The number of methoxy groups -OCH3 is 1. The van der Waals surface area contributed by atoms with Crippen molar-refractivity contribution in [2.24, 2.45) is 0 Å². The first-order valence-electron chi connectivity index (χ1n) is 7.25. The molecule has 0 bridgehead atoms. The number of para-hydroxylation sites is 2. The molecule has 2 heterocycles. The molecule has 3 rings (SSSR count). The lowest BCUT2D eigenvalue weighted by molar-refractivity contribution is -0.146. The molecule has 0 spiro atoms. The molecule has 1 N–H and O–H groups in total. The average molecular weight is 325 g/mol. The molecule has 1 aliphatic heterocycles. The molecule has 1 saturated heterocycles. The SMILES string of the molecule is COC(=O)C1CC(O)CN1Cc1nc2ccccc2n1C(F)F. The Morgan fingerprint density at radius 1 is 1.48 bits per heavy atom. The van der Waals surface area contributed by atoms with Gasteiger partial charge in [-0.2, -0.15) is 8.78 Å². The molecule has 1 aromatic heterocycles. The Labute approximate surface area is 131 Å². The first-order chi connectivity index (χ1) is 11.0. The smallest absolute Gasteiger partial charge is 0.323 e. The molecule has 0 radical (unpaired) electrons. The number of imidazole rings is 1.